The molecule has 2 aromatic carbocycles. The molecule has 0 bridgehead atoms. The van der Waals surface area contributed by atoms with Crippen molar-refractivity contribution in [2.24, 2.45) is 0 Å². The van der Waals surface area contributed by atoms with Gasteiger partial charge in [0.15, 0.2) is 0 Å². The van der Waals surface area contributed by atoms with Crippen LogP contribution in [0.3, 0.4) is 0 Å². The van der Waals surface area contributed by atoms with Gasteiger partial charge in [0, 0.05) is 15.8 Å². The van der Waals surface area contributed by atoms with Crippen LogP contribution in [0.5, 0.6) is 0 Å². The molecule has 0 saturated carbocycles. The number of rotatable bonds is 2. The van der Waals surface area contributed by atoms with Crippen molar-refractivity contribution in [1.82, 2.24) is 0 Å². The van der Waals surface area contributed by atoms with E-state index in [4.69, 9.17) is 5.73 Å². The van der Waals surface area contributed by atoms with Crippen molar-refractivity contribution < 1.29 is 13.2 Å². The molecule has 6 heteroatoms. The molecule has 0 atom stereocenters. The molecule has 0 radical (unpaired) electrons. The van der Waals surface area contributed by atoms with Gasteiger partial charge >= 0.3 is 6.18 Å². The zero-order chi connectivity index (χ0) is 15.8. The first-order valence-electron chi connectivity index (χ1n) is 6.19. The average Bonchev–Trinajstić information content (AvgIpc) is 2.34. The number of nitrogens with one attached hydrogen (secondary N) is 1. The van der Waals surface area contributed by atoms with E-state index in [1.165, 1.54) is 12.1 Å². The summed E-state index contributed by atoms with van der Waals surface area (Å²) in [7, 11) is 0. The second kappa shape index (κ2) is 5.60. The molecule has 2 aromatic rings. The van der Waals surface area contributed by atoms with Crippen molar-refractivity contribution in [3.8, 4) is 0 Å². The number of hydrogen-bond acceptors (Lipinski definition) is 2. The first kappa shape index (κ1) is 15.7. The van der Waals surface area contributed by atoms with Crippen molar-refractivity contribution in [3.63, 3.8) is 0 Å². The Kier molecular flexibility index (Phi) is 4.18. The molecule has 0 spiro atoms. The van der Waals surface area contributed by atoms with Crippen LogP contribution in [0.4, 0.5) is 30.2 Å². The Bertz CT molecular complexity index is 658. The number of anilines is 3. The van der Waals surface area contributed by atoms with E-state index in [0.29, 0.717) is 5.69 Å². The molecular weight excluding hydrogens is 345 g/mol. The maximum atomic E-state index is 13.1. The van der Waals surface area contributed by atoms with Crippen LogP contribution in [0.1, 0.15) is 16.7 Å². The SMILES string of the molecule is Cc1cc(Br)cc(C)c1Nc1ccc(N)cc1C(F)(F)F. The first-order valence-corrected chi connectivity index (χ1v) is 6.98. The second-order valence-corrected chi connectivity index (χ2v) is 5.76. The minimum atomic E-state index is -4.46. The number of nitrogen functional groups attached to an aromatic ring is 1. The standard InChI is InChI=1S/C15H14BrF3N2/c1-8-5-10(16)6-9(2)14(8)21-13-4-3-11(20)7-12(13)15(17,18)19/h3-7,21H,20H2,1-2H3. The lowest BCUT2D eigenvalue weighted by Gasteiger charge is -2.18. The van der Waals surface area contributed by atoms with Crippen LogP contribution in [0, 0.1) is 13.8 Å². The highest BCUT2D eigenvalue weighted by molar-refractivity contribution is 9.10. The molecule has 112 valence electrons. The lowest BCUT2D eigenvalue weighted by Crippen LogP contribution is -2.10. The van der Waals surface area contributed by atoms with E-state index in [-0.39, 0.29) is 11.4 Å². The van der Waals surface area contributed by atoms with Gasteiger partial charge in [-0.25, -0.2) is 0 Å². The van der Waals surface area contributed by atoms with Crippen LogP contribution in [0.15, 0.2) is 34.8 Å². The van der Waals surface area contributed by atoms with Gasteiger partial charge in [0.1, 0.15) is 0 Å². The molecule has 2 rings (SSSR count). The Balaban J connectivity index is 2.50. The summed E-state index contributed by atoms with van der Waals surface area (Å²) in [6.07, 6.45) is -4.46. The van der Waals surface area contributed by atoms with Gasteiger partial charge < -0.3 is 11.1 Å². The van der Waals surface area contributed by atoms with Gasteiger partial charge in [-0.05, 0) is 55.3 Å². The maximum Gasteiger partial charge on any atom is 0.418 e. The fraction of sp³-hybridized carbons (Fsp3) is 0.200. The molecule has 21 heavy (non-hydrogen) atoms. The summed E-state index contributed by atoms with van der Waals surface area (Å²) in [6.45, 7) is 3.68. The van der Waals surface area contributed by atoms with E-state index in [0.717, 1.165) is 21.7 Å². The van der Waals surface area contributed by atoms with Crippen LogP contribution in [-0.2, 0) is 6.18 Å². The van der Waals surface area contributed by atoms with E-state index in [2.05, 4.69) is 21.2 Å². The molecule has 3 N–H and O–H groups in total. The Labute approximate surface area is 129 Å². The zero-order valence-electron chi connectivity index (χ0n) is 11.5. The Hall–Kier alpha value is -1.69. The van der Waals surface area contributed by atoms with Gasteiger partial charge in [0.05, 0.1) is 11.3 Å². The second-order valence-electron chi connectivity index (χ2n) is 4.84. The molecule has 0 aliphatic heterocycles. The number of nitrogens with two attached hydrogens (primary N) is 1. The van der Waals surface area contributed by atoms with Crippen molar-refractivity contribution in [2.45, 2.75) is 20.0 Å². The molecule has 2 nitrogen and oxygen atoms in total. The summed E-state index contributed by atoms with van der Waals surface area (Å²) in [5.74, 6) is 0. The van der Waals surface area contributed by atoms with Crippen LogP contribution >= 0.6 is 15.9 Å². The highest BCUT2D eigenvalue weighted by atomic mass is 79.9. The molecule has 0 aliphatic carbocycles. The van der Waals surface area contributed by atoms with Crippen molar-refractivity contribution in [3.05, 3.63) is 51.5 Å². The first-order chi connectivity index (χ1) is 9.68. The largest absolute Gasteiger partial charge is 0.418 e. The molecule has 0 fully saturated rings. The highest BCUT2D eigenvalue weighted by Gasteiger charge is 2.34. The monoisotopic (exact) mass is 358 g/mol. The summed E-state index contributed by atoms with van der Waals surface area (Å²) in [5.41, 5.74) is 7.13. The summed E-state index contributed by atoms with van der Waals surface area (Å²) < 4.78 is 40.2. The predicted octanol–water partition coefficient (Wildman–Crippen LogP) is 5.41. The summed E-state index contributed by atoms with van der Waals surface area (Å²) in [4.78, 5) is 0. The van der Waals surface area contributed by atoms with Gasteiger partial charge in [0.2, 0.25) is 0 Å². The van der Waals surface area contributed by atoms with Crippen LogP contribution in [0.25, 0.3) is 0 Å². The summed E-state index contributed by atoms with van der Waals surface area (Å²) in [5, 5.41) is 2.87. The lowest BCUT2D eigenvalue weighted by atomic mass is 10.1. The van der Waals surface area contributed by atoms with E-state index in [1.807, 2.05) is 26.0 Å². The third-order valence-corrected chi connectivity index (χ3v) is 3.56. The highest BCUT2D eigenvalue weighted by Crippen LogP contribution is 2.38. The number of alkyl halides is 3. The minimum Gasteiger partial charge on any atom is -0.399 e. The van der Waals surface area contributed by atoms with Gasteiger partial charge in [-0.15, -0.1) is 0 Å². The molecule has 0 heterocycles. The molecule has 0 saturated heterocycles. The van der Waals surface area contributed by atoms with Crippen LogP contribution in [0.2, 0.25) is 0 Å². The van der Waals surface area contributed by atoms with Crippen LogP contribution in [-0.4, -0.2) is 0 Å². The third kappa shape index (κ3) is 3.50. The Morgan fingerprint density at radius 3 is 2.14 bits per heavy atom. The molecule has 0 aliphatic rings. The lowest BCUT2D eigenvalue weighted by molar-refractivity contribution is -0.136. The number of benzene rings is 2. The van der Waals surface area contributed by atoms with Crippen molar-refractivity contribution >= 4 is 33.0 Å². The fourth-order valence-electron chi connectivity index (χ4n) is 2.15. The number of hydrogen-bond donors (Lipinski definition) is 2. The van der Waals surface area contributed by atoms with E-state index >= 15 is 0 Å². The topological polar surface area (TPSA) is 38.0 Å². The Morgan fingerprint density at radius 2 is 1.62 bits per heavy atom. The van der Waals surface area contributed by atoms with Crippen molar-refractivity contribution in [1.29, 1.82) is 0 Å². The number of aryl methyl sites for hydroxylation is 2. The third-order valence-electron chi connectivity index (χ3n) is 3.11. The number of halogens is 4. The average molecular weight is 359 g/mol. The van der Waals surface area contributed by atoms with Crippen LogP contribution < -0.4 is 11.1 Å². The molecule has 0 unspecified atom stereocenters. The van der Waals surface area contributed by atoms with E-state index < -0.39 is 11.7 Å². The zero-order valence-corrected chi connectivity index (χ0v) is 13.1. The minimum absolute atomic E-state index is 0.00905. The van der Waals surface area contributed by atoms with E-state index in [9.17, 15) is 13.2 Å². The van der Waals surface area contributed by atoms with Gasteiger partial charge in [-0.1, -0.05) is 15.9 Å². The molecular formula is C15H14BrF3N2. The van der Waals surface area contributed by atoms with Gasteiger partial charge in [0.25, 0.3) is 0 Å². The maximum absolute atomic E-state index is 13.1. The molecule has 0 aromatic heterocycles. The quantitative estimate of drug-likeness (QED) is 0.704. The summed E-state index contributed by atoms with van der Waals surface area (Å²) in [6, 6.07) is 7.42. The van der Waals surface area contributed by atoms with Gasteiger partial charge in [-0.3, -0.25) is 0 Å². The predicted molar refractivity (Wildman–Crippen MR) is 82.8 cm³/mol. The summed E-state index contributed by atoms with van der Waals surface area (Å²) >= 11 is 3.36. The smallest absolute Gasteiger partial charge is 0.399 e. The van der Waals surface area contributed by atoms with E-state index in [1.54, 1.807) is 0 Å². The molecule has 0 amide bonds. The fourth-order valence-corrected chi connectivity index (χ4v) is 2.83. The van der Waals surface area contributed by atoms with Gasteiger partial charge in [-0.2, -0.15) is 13.2 Å². The normalized spacial score (nSPS) is 11.5. The Morgan fingerprint density at radius 1 is 1.05 bits per heavy atom. The van der Waals surface area contributed by atoms with Crippen molar-refractivity contribution in [2.75, 3.05) is 11.1 Å².